The molecule has 1 saturated carbocycles. The van der Waals surface area contributed by atoms with Crippen LogP contribution in [0.2, 0.25) is 0 Å². The van der Waals surface area contributed by atoms with Gasteiger partial charge in [0.1, 0.15) is 17.6 Å². The number of piperazine rings is 1. The van der Waals surface area contributed by atoms with E-state index in [4.69, 9.17) is 9.72 Å². The Morgan fingerprint density at radius 3 is 2.33 bits per heavy atom. The van der Waals surface area contributed by atoms with Gasteiger partial charge in [0.2, 0.25) is 5.91 Å². The molecule has 5 rings (SSSR count). The van der Waals surface area contributed by atoms with Crippen LogP contribution in [-0.2, 0) is 9.53 Å². The maximum atomic E-state index is 13.6. The van der Waals surface area contributed by atoms with E-state index >= 15 is 0 Å². The van der Waals surface area contributed by atoms with Gasteiger partial charge in [0.15, 0.2) is 5.82 Å². The van der Waals surface area contributed by atoms with Gasteiger partial charge in [-0.3, -0.25) is 9.59 Å². The molecule has 3 fully saturated rings. The van der Waals surface area contributed by atoms with Gasteiger partial charge in [0.05, 0.1) is 18.6 Å². The zero-order chi connectivity index (χ0) is 29.8. The molecule has 3 amide bonds. The summed E-state index contributed by atoms with van der Waals surface area (Å²) in [4.78, 5) is 54.3. The number of benzene rings is 1. The summed E-state index contributed by atoms with van der Waals surface area (Å²) in [6, 6.07) is 12.8. The average molecular weight is 574 g/mol. The fourth-order valence-corrected chi connectivity index (χ4v) is 5.76. The molecular weight excluding hydrogens is 534 g/mol. The summed E-state index contributed by atoms with van der Waals surface area (Å²) in [7, 11) is 0. The molecule has 0 radical (unpaired) electrons. The number of carbonyl (C=O) groups excluding carboxylic acids is 3. The molecule has 1 N–H and O–H groups in total. The van der Waals surface area contributed by atoms with Crippen LogP contribution >= 0.6 is 0 Å². The second-order valence-corrected chi connectivity index (χ2v) is 11.7. The van der Waals surface area contributed by atoms with Crippen molar-refractivity contribution in [3.05, 3.63) is 42.1 Å². The Hall–Kier alpha value is -4.20. The van der Waals surface area contributed by atoms with E-state index in [2.05, 4.69) is 21.3 Å². The number of nitrogens with zero attached hydrogens (tertiary/aromatic N) is 6. The maximum absolute atomic E-state index is 13.6. The van der Waals surface area contributed by atoms with Crippen LogP contribution in [0.1, 0.15) is 44.1 Å². The minimum Gasteiger partial charge on any atom is -0.449 e. The van der Waals surface area contributed by atoms with Gasteiger partial charge in [-0.05, 0) is 24.2 Å². The lowest BCUT2D eigenvalue weighted by molar-refractivity contribution is -0.135. The molecule has 3 aliphatic rings. The van der Waals surface area contributed by atoms with Crippen LogP contribution in [0, 0.1) is 35.0 Å². The molecule has 1 aliphatic carbocycles. The van der Waals surface area contributed by atoms with Crippen LogP contribution < -0.4 is 10.2 Å². The number of unbranched alkanes of at least 4 members (excludes halogenated alkanes) is 1. The predicted molar refractivity (Wildman–Crippen MR) is 156 cm³/mol. The van der Waals surface area contributed by atoms with Gasteiger partial charge < -0.3 is 24.8 Å². The summed E-state index contributed by atoms with van der Waals surface area (Å²) >= 11 is 0. The molecule has 42 heavy (non-hydrogen) atoms. The van der Waals surface area contributed by atoms with Gasteiger partial charge in [-0.2, -0.15) is 5.26 Å². The molecule has 2 aromatic rings. The van der Waals surface area contributed by atoms with Crippen molar-refractivity contribution in [1.82, 2.24) is 25.1 Å². The van der Waals surface area contributed by atoms with E-state index in [0.717, 1.165) is 31.5 Å². The second-order valence-electron chi connectivity index (χ2n) is 11.7. The number of fused-ring (bicyclic) bond motifs is 1. The van der Waals surface area contributed by atoms with Crippen molar-refractivity contribution >= 4 is 23.7 Å². The van der Waals surface area contributed by atoms with Crippen LogP contribution in [0.5, 0.6) is 0 Å². The van der Waals surface area contributed by atoms with Crippen molar-refractivity contribution in [3.8, 4) is 17.5 Å². The van der Waals surface area contributed by atoms with Crippen LogP contribution in [0.4, 0.5) is 10.6 Å². The Kier molecular flexibility index (Phi) is 8.90. The quantitative estimate of drug-likeness (QED) is 0.453. The Bertz CT molecular complexity index is 1320. The highest BCUT2D eigenvalue weighted by molar-refractivity contribution is 5.97. The summed E-state index contributed by atoms with van der Waals surface area (Å²) in [6.45, 7) is 9.18. The molecule has 0 bridgehead atoms. The maximum Gasteiger partial charge on any atom is 0.409 e. The van der Waals surface area contributed by atoms with Gasteiger partial charge >= 0.3 is 6.09 Å². The highest BCUT2D eigenvalue weighted by Crippen LogP contribution is 2.51. The van der Waals surface area contributed by atoms with Crippen LogP contribution in [0.15, 0.2) is 36.4 Å². The topological polar surface area (TPSA) is 132 Å². The van der Waals surface area contributed by atoms with E-state index in [0.29, 0.717) is 56.3 Å². The van der Waals surface area contributed by atoms with Gasteiger partial charge in [-0.1, -0.05) is 57.5 Å². The fourth-order valence-electron chi connectivity index (χ4n) is 5.76. The predicted octanol–water partition coefficient (Wildman–Crippen LogP) is 3.18. The summed E-state index contributed by atoms with van der Waals surface area (Å²) in [5, 5.41) is 12.3. The molecule has 4 atom stereocenters. The minimum absolute atomic E-state index is 0.103. The van der Waals surface area contributed by atoms with E-state index < -0.39 is 11.9 Å². The number of amides is 3. The average Bonchev–Trinajstić information content (AvgIpc) is 3.49. The molecule has 2 aliphatic heterocycles. The summed E-state index contributed by atoms with van der Waals surface area (Å²) in [5.41, 5.74) is 0.976. The third kappa shape index (κ3) is 6.32. The van der Waals surface area contributed by atoms with Crippen molar-refractivity contribution < 1.29 is 19.1 Å². The Balaban J connectivity index is 1.28. The second kappa shape index (κ2) is 12.8. The number of hydrogen-bond acceptors (Lipinski definition) is 8. The normalized spacial score (nSPS) is 21.9. The van der Waals surface area contributed by atoms with Crippen molar-refractivity contribution in [1.29, 1.82) is 5.26 Å². The molecule has 222 valence electrons. The first kappa shape index (κ1) is 29.3. The number of aromatic nitrogens is 2. The number of anilines is 1. The monoisotopic (exact) mass is 573 g/mol. The molecule has 11 nitrogen and oxygen atoms in total. The number of nitrogens with one attached hydrogen (secondary N) is 1. The first-order valence-corrected chi connectivity index (χ1v) is 14.9. The molecule has 1 aromatic heterocycles. The van der Waals surface area contributed by atoms with Crippen molar-refractivity contribution in [2.24, 2.45) is 23.7 Å². The standard InChI is InChI=1S/C31H39N7O4/c1-4-5-15-42-31(41)37-13-11-36(12-14-37)30(40)27(20(2)3)35-29(39)25-16-26(38-18-23-22(17-32)24(23)19-38)34-28(33-25)21-9-7-6-8-10-21/h6-10,16,20,22-24,27H,4-5,11-15,18-19H2,1-3H3,(H,35,39)/t22-,23-,24?,27+/m1/s1. The van der Waals surface area contributed by atoms with E-state index in [1.54, 1.807) is 15.9 Å². The molecule has 3 heterocycles. The third-order valence-electron chi connectivity index (χ3n) is 8.44. The van der Waals surface area contributed by atoms with Gasteiger partial charge in [0, 0.05) is 50.9 Å². The number of nitriles is 1. The van der Waals surface area contributed by atoms with Crippen molar-refractivity contribution in [2.75, 3.05) is 50.8 Å². The molecule has 0 spiro atoms. The number of piperidine rings is 1. The van der Waals surface area contributed by atoms with Gasteiger partial charge in [0.25, 0.3) is 5.91 Å². The van der Waals surface area contributed by atoms with Crippen LogP contribution in [-0.4, -0.2) is 89.6 Å². The number of rotatable bonds is 9. The first-order chi connectivity index (χ1) is 20.3. The summed E-state index contributed by atoms with van der Waals surface area (Å²) in [6.07, 6.45) is 1.42. The molecule has 1 aromatic carbocycles. The lowest BCUT2D eigenvalue weighted by Crippen LogP contribution is -2.57. The summed E-state index contributed by atoms with van der Waals surface area (Å²) in [5.74, 6) is 1.07. The van der Waals surface area contributed by atoms with E-state index in [1.165, 1.54) is 0 Å². The zero-order valence-electron chi connectivity index (χ0n) is 24.5. The Morgan fingerprint density at radius 1 is 1.05 bits per heavy atom. The van der Waals surface area contributed by atoms with Crippen LogP contribution in [0.25, 0.3) is 11.4 Å². The van der Waals surface area contributed by atoms with Crippen molar-refractivity contribution in [3.63, 3.8) is 0 Å². The van der Waals surface area contributed by atoms with E-state index in [-0.39, 0.29) is 29.5 Å². The number of hydrogen-bond donors (Lipinski definition) is 1. The first-order valence-electron chi connectivity index (χ1n) is 14.9. The SMILES string of the molecule is CCCCOC(=O)N1CCN(C(=O)[C@@H](NC(=O)c2cc(N3CC4[C@H](C#N)[C@H]4C3)nc(-c3ccccc3)n2)C(C)C)CC1. The smallest absolute Gasteiger partial charge is 0.409 e. The lowest BCUT2D eigenvalue weighted by Gasteiger charge is -2.36. The van der Waals surface area contributed by atoms with Gasteiger partial charge in [-0.25, -0.2) is 14.8 Å². The third-order valence-corrected chi connectivity index (χ3v) is 8.44. The fraction of sp³-hybridized carbons (Fsp3) is 0.548. The van der Waals surface area contributed by atoms with Crippen molar-refractivity contribution in [2.45, 2.75) is 39.7 Å². The molecule has 1 unspecified atom stereocenters. The van der Waals surface area contributed by atoms with Gasteiger partial charge in [-0.15, -0.1) is 0 Å². The molecule has 2 saturated heterocycles. The number of carbonyl (C=O) groups is 3. The summed E-state index contributed by atoms with van der Waals surface area (Å²) < 4.78 is 5.31. The van der Waals surface area contributed by atoms with Crippen LogP contribution in [0.3, 0.4) is 0 Å². The molecular formula is C31H39N7O4. The van der Waals surface area contributed by atoms with E-state index in [1.807, 2.05) is 51.1 Å². The van der Waals surface area contributed by atoms with E-state index in [9.17, 15) is 19.6 Å². The number of ether oxygens (including phenoxy) is 1. The largest absolute Gasteiger partial charge is 0.449 e. The minimum atomic E-state index is -0.755. The highest BCUT2D eigenvalue weighted by Gasteiger charge is 2.56. The molecule has 11 heteroatoms. The zero-order valence-corrected chi connectivity index (χ0v) is 24.5. The Labute approximate surface area is 246 Å². The highest BCUT2D eigenvalue weighted by atomic mass is 16.6. The Morgan fingerprint density at radius 2 is 1.71 bits per heavy atom. The lowest BCUT2D eigenvalue weighted by atomic mass is 10.0.